The van der Waals surface area contributed by atoms with Crippen molar-refractivity contribution in [2.45, 2.75) is 45.2 Å². The van der Waals surface area contributed by atoms with Crippen molar-refractivity contribution >= 4 is 9.84 Å². The fourth-order valence-electron chi connectivity index (χ4n) is 2.55. The van der Waals surface area contributed by atoms with E-state index in [4.69, 9.17) is 4.42 Å². The summed E-state index contributed by atoms with van der Waals surface area (Å²) in [7, 11) is -2.92. The molecule has 18 heavy (non-hydrogen) atoms. The zero-order valence-electron chi connectivity index (χ0n) is 11.0. The summed E-state index contributed by atoms with van der Waals surface area (Å²) in [5, 5.41) is 3.41. The Balaban J connectivity index is 1.99. The van der Waals surface area contributed by atoms with Crippen LogP contribution in [0.25, 0.3) is 0 Å². The maximum Gasteiger partial charge on any atom is 0.151 e. The minimum absolute atomic E-state index is 0.0270. The lowest BCUT2D eigenvalue weighted by Crippen LogP contribution is -2.37. The van der Waals surface area contributed by atoms with Gasteiger partial charge in [0.25, 0.3) is 0 Å². The first-order valence-electron chi connectivity index (χ1n) is 6.54. The molecule has 1 aliphatic carbocycles. The molecule has 0 aromatic carbocycles. The Labute approximate surface area is 109 Å². The fourth-order valence-corrected chi connectivity index (χ4v) is 3.64. The van der Waals surface area contributed by atoms with Crippen molar-refractivity contribution in [1.29, 1.82) is 0 Å². The summed E-state index contributed by atoms with van der Waals surface area (Å²) in [5.74, 6) is 1.46. The molecule has 0 aliphatic heterocycles. The minimum Gasteiger partial charge on any atom is -0.469 e. The van der Waals surface area contributed by atoms with Gasteiger partial charge in [-0.15, -0.1) is 0 Å². The van der Waals surface area contributed by atoms with Crippen LogP contribution in [0.1, 0.15) is 44.1 Å². The van der Waals surface area contributed by atoms with E-state index >= 15 is 0 Å². The van der Waals surface area contributed by atoms with E-state index < -0.39 is 9.84 Å². The highest BCUT2D eigenvalue weighted by Crippen LogP contribution is 2.30. The van der Waals surface area contributed by atoms with Crippen LogP contribution in [0.15, 0.2) is 16.7 Å². The second-order valence-corrected chi connectivity index (χ2v) is 7.41. The van der Waals surface area contributed by atoms with E-state index in [2.05, 4.69) is 5.32 Å². The Morgan fingerprint density at radius 1 is 1.56 bits per heavy atom. The third-order valence-electron chi connectivity index (χ3n) is 3.48. The SMILES string of the molecule is CCS(=O)(=O)CC(C)NC1CCCc2occc21. The summed E-state index contributed by atoms with van der Waals surface area (Å²) in [6, 6.07) is 2.20. The molecule has 0 bridgehead atoms. The molecule has 0 radical (unpaired) electrons. The predicted molar refractivity (Wildman–Crippen MR) is 71.3 cm³/mol. The Kier molecular flexibility index (Phi) is 4.12. The highest BCUT2D eigenvalue weighted by molar-refractivity contribution is 7.91. The summed E-state index contributed by atoms with van der Waals surface area (Å²) in [5.41, 5.74) is 1.20. The highest BCUT2D eigenvalue weighted by atomic mass is 32.2. The molecule has 2 atom stereocenters. The number of sulfone groups is 1. The molecule has 5 heteroatoms. The average Bonchev–Trinajstić information content (AvgIpc) is 2.77. The molecular weight excluding hydrogens is 250 g/mol. The number of aryl methyl sites for hydroxylation is 1. The van der Waals surface area contributed by atoms with Crippen LogP contribution in [0.3, 0.4) is 0 Å². The molecule has 1 aromatic rings. The molecule has 0 spiro atoms. The predicted octanol–water partition coefficient (Wildman–Crippen LogP) is 2.07. The van der Waals surface area contributed by atoms with E-state index in [1.54, 1.807) is 13.2 Å². The minimum atomic E-state index is -2.92. The summed E-state index contributed by atoms with van der Waals surface area (Å²) in [6.07, 6.45) is 4.84. The number of hydrogen-bond acceptors (Lipinski definition) is 4. The first kappa shape index (κ1) is 13.6. The average molecular weight is 271 g/mol. The van der Waals surface area contributed by atoms with Crippen LogP contribution in [-0.2, 0) is 16.3 Å². The molecule has 1 aliphatic rings. The first-order chi connectivity index (χ1) is 8.52. The van der Waals surface area contributed by atoms with Crippen molar-refractivity contribution in [2.75, 3.05) is 11.5 Å². The van der Waals surface area contributed by atoms with Crippen molar-refractivity contribution in [1.82, 2.24) is 5.32 Å². The molecule has 1 aromatic heterocycles. The molecule has 1 N–H and O–H groups in total. The Morgan fingerprint density at radius 2 is 2.33 bits per heavy atom. The van der Waals surface area contributed by atoms with Crippen molar-refractivity contribution in [3.05, 3.63) is 23.7 Å². The molecule has 2 unspecified atom stereocenters. The summed E-state index contributed by atoms with van der Waals surface area (Å²) < 4.78 is 28.6. The Bertz CT molecular complexity index is 492. The lowest BCUT2D eigenvalue weighted by atomic mass is 9.93. The molecule has 1 heterocycles. The van der Waals surface area contributed by atoms with Gasteiger partial charge >= 0.3 is 0 Å². The van der Waals surface area contributed by atoms with Crippen LogP contribution >= 0.6 is 0 Å². The number of rotatable bonds is 5. The van der Waals surface area contributed by atoms with Gasteiger partial charge < -0.3 is 9.73 Å². The zero-order chi connectivity index (χ0) is 13.2. The van der Waals surface area contributed by atoms with Crippen molar-refractivity contribution < 1.29 is 12.8 Å². The quantitative estimate of drug-likeness (QED) is 0.890. The summed E-state index contributed by atoms with van der Waals surface area (Å²) in [4.78, 5) is 0. The fraction of sp³-hybridized carbons (Fsp3) is 0.692. The van der Waals surface area contributed by atoms with Gasteiger partial charge in [0.1, 0.15) is 5.76 Å². The van der Waals surface area contributed by atoms with Crippen LogP contribution < -0.4 is 5.32 Å². The number of fused-ring (bicyclic) bond motifs is 1. The van der Waals surface area contributed by atoms with Crippen molar-refractivity contribution in [2.24, 2.45) is 0 Å². The topological polar surface area (TPSA) is 59.3 Å². The lowest BCUT2D eigenvalue weighted by molar-refractivity contribution is 0.391. The Morgan fingerprint density at radius 3 is 3.06 bits per heavy atom. The van der Waals surface area contributed by atoms with Crippen molar-refractivity contribution in [3.63, 3.8) is 0 Å². The second-order valence-electron chi connectivity index (χ2n) is 5.01. The van der Waals surface area contributed by atoms with Gasteiger partial charge in [-0.3, -0.25) is 0 Å². The van der Waals surface area contributed by atoms with E-state index in [0.717, 1.165) is 25.0 Å². The van der Waals surface area contributed by atoms with Gasteiger partial charge in [-0.05, 0) is 25.8 Å². The van der Waals surface area contributed by atoms with Gasteiger partial charge in [0.05, 0.1) is 12.0 Å². The van der Waals surface area contributed by atoms with Gasteiger partial charge in [-0.2, -0.15) is 0 Å². The van der Waals surface area contributed by atoms with Gasteiger partial charge in [-0.25, -0.2) is 8.42 Å². The van der Waals surface area contributed by atoms with Crippen LogP contribution in [0.2, 0.25) is 0 Å². The number of hydrogen-bond donors (Lipinski definition) is 1. The molecule has 102 valence electrons. The maximum absolute atomic E-state index is 11.6. The van der Waals surface area contributed by atoms with E-state index in [9.17, 15) is 8.42 Å². The molecule has 0 amide bonds. The largest absolute Gasteiger partial charge is 0.469 e. The van der Waals surface area contributed by atoms with E-state index in [1.807, 2.05) is 13.0 Å². The third kappa shape index (κ3) is 3.14. The molecular formula is C13H21NO3S. The molecule has 0 saturated carbocycles. The molecule has 2 rings (SSSR count). The summed E-state index contributed by atoms with van der Waals surface area (Å²) >= 11 is 0. The van der Waals surface area contributed by atoms with E-state index in [1.165, 1.54) is 5.56 Å². The van der Waals surface area contributed by atoms with Crippen LogP contribution in [-0.4, -0.2) is 26.0 Å². The molecule has 4 nitrogen and oxygen atoms in total. The van der Waals surface area contributed by atoms with Crippen LogP contribution in [0.4, 0.5) is 0 Å². The first-order valence-corrected chi connectivity index (χ1v) is 8.36. The van der Waals surface area contributed by atoms with Gasteiger partial charge in [0.15, 0.2) is 9.84 Å². The maximum atomic E-state index is 11.6. The van der Waals surface area contributed by atoms with Crippen molar-refractivity contribution in [3.8, 4) is 0 Å². The van der Waals surface area contributed by atoms with Gasteiger partial charge in [-0.1, -0.05) is 6.92 Å². The molecule has 0 saturated heterocycles. The van der Waals surface area contributed by atoms with Gasteiger partial charge in [0.2, 0.25) is 0 Å². The van der Waals surface area contributed by atoms with Crippen LogP contribution in [0.5, 0.6) is 0 Å². The van der Waals surface area contributed by atoms with Gasteiger partial charge in [0, 0.05) is 29.8 Å². The van der Waals surface area contributed by atoms with E-state index in [0.29, 0.717) is 0 Å². The normalized spacial score (nSPS) is 21.6. The van der Waals surface area contributed by atoms with E-state index in [-0.39, 0.29) is 23.6 Å². The summed E-state index contributed by atoms with van der Waals surface area (Å²) in [6.45, 7) is 3.62. The smallest absolute Gasteiger partial charge is 0.151 e. The van der Waals surface area contributed by atoms with Crippen LogP contribution in [0, 0.1) is 0 Å². The lowest BCUT2D eigenvalue weighted by Gasteiger charge is -2.26. The third-order valence-corrected chi connectivity index (χ3v) is 5.37. The monoisotopic (exact) mass is 271 g/mol. The number of furan rings is 1. The Hall–Kier alpha value is -0.810. The zero-order valence-corrected chi connectivity index (χ0v) is 11.8. The second kappa shape index (κ2) is 5.45. The molecule has 0 fully saturated rings. The number of nitrogens with one attached hydrogen (secondary N) is 1. The highest BCUT2D eigenvalue weighted by Gasteiger charge is 2.24. The standard InChI is InChI=1S/C13H21NO3S/c1-3-18(15,16)9-10(2)14-12-5-4-6-13-11(12)7-8-17-13/h7-8,10,12,14H,3-6,9H2,1-2H3.